The summed E-state index contributed by atoms with van der Waals surface area (Å²) in [4.78, 5) is 18.7. The molecule has 3 nitrogen and oxygen atoms in total. The van der Waals surface area contributed by atoms with Crippen LogP contribution in [0.3, 0.4) is 0 Å². The Kier molecular flexibility index (Phi) is 5.06. The van der Waals surface area contributed by atoms with Gasteiger partial charge in [0.2, 0.25) is 5.91 Å². The van der Waals surface area contributed by atoms with E-state index in [1.54, 1.807) is 46.8 Å². The predicted molar refractivity (Wildman–Crippen MR) is 96.7 cm³/mol. The molecule has 0 aliphatic heterocycles. The van der Waals surface area contributed by atoms with Crippen LogP contribution in [-0.4, -0.2) is 22.8 Å². The molecule has 0 saturated carbocycles. The van der Waals surface area contributed by atoms with Gasteiger partial charge >= 0.3 is 0 Å². The zero-order chi connectivity index (χ0) is 17.1. The normalized spacial score (nSPS) is 12.1. The molecule has 0 N–H and O–H groups in total. The number of halogens is 1. The van der Waals surface area contributed by atoms with E-state index in [-0.39, 0.29) is 24.2 Å². The molecule has 0 bridgehead atoms. The van der Waals surface area contributed by atoms with Gasteiger partial charge in [-0.3, -0.25) is 4.79 Å². The summed E-state index contributed by atoms with van der Waals surface area (Å²) in [5.41, 5.74) is 2.78. The summed E-state index contributed by atoms with van der Waals surface area (Å²) in [7, 11) is 1.77. The molecule has 0 radical (unpaired) electrons. The Morgan fingerprint density at radius 2 is 2.00 bits per heavy atom. The first kappa shape index (κ1) is 16.8. The quantitative estimate of drug-likeness (QED) is 0.656. The van der Waals surface area contributed by atoms with E-state index in [0.717, 1.165) is 21.8 Å². The molecule has 1 unspecified atom stereocenters. The van der Waals surface area contributed by atoms with Gasteiger partial charge in [-0.1, -0.05) is 12.1 Å². The Bertz CT molecular complexity index is 812. The molecule has 0 aliphatic rings. The van der Waals surface area contributed by atoms with Crippen molar-refractivity contribution >= 4 is 28.6 Å². The zero-order valence-electron chi connectivity index (χ0n) is 13.4. The molecule has 3 aromatic rings. The highest BCUT2D eigenvalue weighted by Crippen LogP contribution is 2.26. The molecule has 0 saturated heterocycles. The first-order valence-corrected chi connectivity index (χ1v) is 9.35. The zero-order valence-corrected chi connectivity index (χ0v) is 15.0. The third-order valence-electron chi connectivity index (χ3n) is 3.98. The Labute approximate surface area is 148 Å². The Morgan fingerprint density at radius 3 is 2.67 bits per heavy atom. The molecule has 1 aromatic carbocycles. The number of carbonyl (C=O) groups is 1. The molecular formula is C18H17FN2OS2. The van der Waals surface area contributed by atoms with Crippen molar-refractivity contribution in [2.45, 2.75) is 19.4 Å². The van der Waals surface area contributed by atoms with Crippen molar-refractivity contribution in [3.05, 3.63) is 63.5 Å². The second-order valence-electron chi connectivity index (χ2n) is 5.56. The molecule has 0 aliphatic carbocycles. The molecule has 1 atom stereocenters. The Balaban J connectivity index is 1.67. The molecular weight excluding hydrogens is 343 g/mol. The maximum atomic E-state index is 13.0. The van der Waals surface area contributed by atoms with Gasteiger partial charge in [0.1, 0.15) is 10.8 Å². The van der Waals surface area contributed by atoms with Crippen LogP contribution in [0.2, 0.25) is 0 Å². The molecule has 2 aromatic heterocycles. The van der Waals surface area contributed by atoms with Crippen LogP contribution in [0, 0.1) is 5.82 Å². The fourth-order valence-corrected chi connectivity index (χ4v) is 3.90. The summed E-state index contributed by atoms with van der Waals surface area (Å²) in [5, 5.41) is 6.93. The Hall–Kier alpha value is -2.05. The van der Waals surface area contributed by atoms with Crippen LogP contribution in [0.15, 0.2) is 46.5 Å². The number of amides is 1. The smallest absolute Gasteiger partial charge is 0.228 e. The van der Waals surface area contributed by atoms with Gasteiger partial charge in [-0.15, -0.1) is 11.3 Å². The molecule has 124 valence electrons. The minimum Gasteiger partial charge on any atom is -0.339 e. The van der Waals surface area contributed by atoms with E-state index < -0.39 is 0 Å². The molecule has 24 heavy (non-hydrogen) atoms. The fourth-order valence-electron chi connectivity index (χ4n) is 2.37. The minimum atomic E-state index is -0.275. The number of thiophene rings is 1. The van der Waals surface area contributed by atoms with Gasteiger partial charge < -0.3 is 4.90 Å². The molecule has 2 heterocycles. The van der Waals surface area contributed by atoms with Crippen molar-refractivity contribution in [2.75, 3.05) is 7.05 Å². The molecule has 0 fully saturated rings. The topological polar surface area (TPSA) is 33.2 Å². The van der Waals surface area contributed by atoms with E-state index in [1.165, 1.54) is 12.1 Å². The SMILES string of the molecule is CC(c1ccc(F)cc1)N(C)C(=O)Cc1csc(-c2ccsc2)n1. The number of aromatic nitrogens is 1. The van der Waals surface area contributed by atoms with Crippen LogP contribution in [-0.2, 0) is 11.2 Å². The molecule has 0 spiro atoms. The molecule has 1 amide bonds. The van der Waals surface area contributed by atoms with Crippen molar-refractivity contribution in [3.63, 3.8) is 0 Å². The third kappa shape index (κ3) is 3.71. The fraction of sp³-hybridized carbons (Fsp3) is 0.222. The number of benzene rings is 1. The van der Waals surface area contributed by atoms with E-state index in [0.29, 0.717) is 0 Å². The van der Waals surface area contributed by atoms with Gasteiger partial charge in [0, 0.05) is 23.4 Å². The van der Waals surface area contributed by atoms with Crippen LogP contribution >= 0.6 is 22.7 Å². The van der Waals surface area contributed by atoms with E-state index >= 15 is 0 Å². The predicted octanol–water partition coefficient (Wildman–Crippen LogP) is 4.77. The van der Waals surface area contributed by atoms with Crippen LogP contribution in [0.1, 0.15) is 24.2 Å². The van der Waals surface area contributed by atoms with Gasteiger partial charge in [0.15, 0.2) is 0 Å². The highest BCUT2D eigenvalue weighted by Gasteiger charge is 2.19. The summed E-state index contributed by atoms with van der Waals surface area (Å²) in [5.74, 6) is -0.280. The van der Waals surface area contributed by atoms with Gasteiger partial charge in [0.05, 0.1) is 18.2 Å². The molecule has 6 heteroatoms. The second-order valence-corrected chi connectivity index (χ2v) is 7.20. The lowest BCUT2D eigenvalue weighted by molar-refractivity contribution is -0.131. The summed E-state index contributed by atoms with van der Waals surface area (Å²) >= 11 is 3.18. The van der Waals surface area contributed by atoms with Gasteiger partial charge in [-0.05, 0) is 36.1 Å². The summed E-state index contributed by atoms with van der Waals surface area (Å²) < 4.78 is 13.0. The standard InChI is InChI=1S/C18H17FN2OS2/c1-12(13-3-5-15(19)6-4-13)21(2)17(22)9-16-11-24-18(20-16)14-7-8-23-10-14/h3-8,10-12H,9H2,1-2H3. The number of likely N-dealkylation sites (N-methyl/N-ethyl adjacent to an activating group) is 1. The maximum absolute atomic E-state index is 13.0. The van der Waals surface area contributed by atoms with E-state index in [1.807, 2.05) is 29.1 Å². The van der Waals surface area contributed by atoms with Crippen LogP contribution in [0.4, 0.5) is 4.39 Å². The number of rotatable bonds is 5. The minimum absolute atomic E-state index is 0.00556. The average Bonchev–Trinajstić information content (AvgIpc) is 3.25. The molecule has 3 rings (SSSR count). The summed E-state index contributed by atoms with van der Waals surface area (Å²) in [6.07, 6.45) is 0.267. The van der Waals surface area contributed by atoms with Crippen molar-refractivity contribution in [2.24, 2.45) is 0 Å². The second kappa shape index (κ2) is 7.23. The lowest BCUT2D eigenvalue weighted by atomic mass is 10.1. The average molecular weight is 360 g/mol. The number of hydrogen-bond donors (Lipinski definition) is 0. The number of hydrogen-bond acceptors (Lipinski definition) is 4. The largest absolute Gasteiger partial charge is 0.339 e. The maximum Gasteiger partial charge on any atom is 0.228 e. The first-order valence-electron chi connectivity index (χ1n) is 7.52. The van der Waals surface area contributed by atoms with Crippen molar-refractivity contribution in [1.29, 1.82) is 0 Å². The highest BCUT2D eigenvalue weighted by atomic mass is 32.1. The Morgan fingerprint density at radius 1 is 1.25 bits per heavy atom. The van der Waals surface area contributed by atoms with Crippen LogP contribution < -0.4 is 0 Å². The van der Waals surface area contributed by atoms with Crippen molar-refractivity contribution in [3.8, 4) is 10.6 Å². The lowest BCUT2D eigenvalue weighted by Crippen LogP contribution is -2.31. The van der Waals surface area contributed by atoms with Gasteiger partial charge in [0.25, 0.3) is 0 Å². The third-order valence-corrected chi connectivity index (χ3v) is 5.60. The van der Waals surface area contributed by atoms with Gasteiger partial charge in [-0.2, -0.15) is 11.3 Å². The van der Waals surface area contributed by atoms with Gasteiger partial charge in [-0.25, -0.2) is 9.37 Å². The van der Waals surface area contributed by atoms with Crippen LogP contribution in [0.25, 0.3) is 10.6 Å². The van der Waals surface area contributed by atoms with Crippen molar-refractivity contribution < 1.29 is 9.18 Å². The first-order chi connectivity index (χ1) is 11.5. The van der Waals surface area contributed by atoms with Crippen molar-refractivity contribution in [1.82, 2.24) is 9.88 Å². The number of thiazole rings is 1. The van der Waals surface area contributed by atoms with E-state index in [2.05, 4.69) is 4.98 Å². The number of nitrogens with zero attached hydrogens (tertiary/aromatic N) is 2. The van der Waals surface area contributed by atoms with E-state index in [4.69, 9.17) is 0 Å². The van der Waals surface area contributed by atoms with E-state index in [9.17, 15) is 9.18 Å². The number of carbonyl (C=O) groups excluding carboxylic acids is 1. The summed E-state index contributed by atoms with van der Waals surface area (Å²) in [6.45, 7) is 1.93. The highest BCUT2D eigenvalue weighted by molar-refractivity contribution is 7.14. The summed E-state index contributed by atoms with van der Waals surface area (Å²) in [6, 6.07) is 8.16. The van der Waals surface area contributed by atoms with Crippen LogP contribution in [0.5, 0.6) is 0 Å². The monoisotopic (exact) mass is 360 g/mol. The lowest BCUT2D eigenvalue weighted by Gasteiger charge is -2.25.